The van der Waals surface area contributed by atoms with Gasteiger partial charge < -0.3 is 5.11 Å². The zero-order chi connectivity index (χ0) is 12.4. The van der Waals surface area contributed by atoms with Crippen molar-refractivity contribution in [3.63, 3.8) is 0 Å². The Hall–Kier alpha value is -0.540. The Labute approximate surface area is 118 Å². The number of halogens is 3. The van der Waals surface area contributed by atoms with E-state index >= 15 is 0 Å². The summed E-state index contributed by atoms with van der Waals surface area (Å²) in [5.74, 6) is 0. The van der Waals surface area contributed by atoms with Gasteiger partial charge in [-0.25, -0.2) is 0 Å². The van der Waals surface area contributed by atoms with Gasteiger partial charge >= 0.3 is 0 Å². The van der Waals surface area contributed by atoms with Crippen molar-refractivity contribution >= 4 is 39.1 Å². The third-order valence-electron chi connectivity index (χ3n) is 2.42. The molecule has 17 heavy (non-hydrogen) atoms. The fourth-order valence-corrected chi connectivity index (χ4v) is 2.28. The molecule has 2 aromatic rings. The number of rotatable bonds is 2. The van der Waals surface area contributed by atoms with Crippen molar-refractivity contribution < 1.29 is 5.11 Å². The van der Waals surface area contributed by atoms with Gasteiger partial charge in [0.05, 0.1) is 10.0 Å². The molecule has 0 heterocycles. The lowest BCUT2D eigenvalue weighted by molar-refractivity contribution is 0.220. The van der Waals surface area contributed by atoms with Crippen LogP contribution in [0.1, 0.15) is 17.2 Å². The third kappa shape index (κ3) is 3.02. The van der Waals surface area contributed by atoms with E-state index in [4.69, 9.17) is 23.2 Å². The molecule has 0 saturated carbocycles. The highest BCUT2D eigenvalue weighted by atomic mass is 79.9. The first kappa shape index (κ1) is 12.9. The molecule has 0 aliphatic carbocycles. The summed E-state index contributed by atoms with van der Waals surface area (Å²) in [4.78, 5) is 0. The van der Waals surface area contributed by atoms with Gasteiger partial charge in [-0.2, -0.15) is 0 Å². The van der Waals surface area contributed by atoms with Crippen molar-refractivity contribution in [2.75, 3.05) is 0 Å². The van der Waals surface area contributed by atoms with Crippen LogP contribution in [-0.4, -0.2) is 5.11 Å². The van der Waals surface area contributed by atoms with Crippen LogP contribution < -0.4 is 0 Å². The lowest BCUT2D eigenvalue weighted by atomic mass is 10.0. The topological polar surface area (TPSA) is 20.2 Å². The van der Waals surface area contributed by atoms with Crippen LogP contribution in [-0.2, 0) is 0 Å². The standard InChI is InChI=1S/C13H9BrCl2O/c14-10-3-1-2-8(6-10)13(17)9-4-5-11(15)12(16)7-9/h1-7,13,17H/t13-/m0/s1. The van der Waals surface area contributed by atoms with Crippen molar-refractivity contribution in [3.8, 4) is 0 Å². The summed E-state index contributed by atoms with van der Waals surface area (Å²) in [5, 5.41) is 11.1. The normalized spacial score (nSPS) is 12.5. The van der Waals surface area contributed by atoms with Crippen LogP contribution in [0.2, 0.25) is 10.0 Å². The van der Waals surface area contributed by atoms with Gasteiger partial charge in [-0.05, 0) is 35.4 Å². The Morgan fingerprint density at radius 1 is 0.941 bits per heavy atom. The van der Waals surface area contributed by atoms with Crippen molar-refractivity contribution in [1.82, 2.24) is 0 Å². The second-order valence-electron chi connectivity index (χ2n) is 3.63. The van der Waals surface area contributed by atoms with Gasteiger partial charge in [0.1, 0.15) is 6.10 Å². The Morgan fingerprint density at radius 2 is 1.65 bits per heavy atom. The van der Waals surface area contributed by atoms with E-state index in [1.54, 1.807) is 18.2 Å². The summed E-state index contributed by atoms with van der Waals surface area (Å²) < 4.78 is 0.925. The Kier molecular flexibility index (Phi) is 4.10. The predicted molar refractivity (Wildman–Crippen MR) is 74.7 cm³/mol. The summed E-state index contributed by atoms with van der Waals surface area (Å²) in [5.41, 5.74) is 1.52. The zero-order valence-electron chi connectivity index (χ0n) is 8.70. The van der Waals surface area contributed by atoms with Crippen LogP contribution in [0.3, 0.4) is 0 Å². The van der Waals surface area contributed by atoms with Crippen LogP contribution in [0.5, 0.6) is 0 Å². The maximum atomic E-state index is 10.2. The zero-order valence-corrected chi connectivity index (χ0v) is 11.8. The molecule has 4 heteroatoms. The van der Waals surface area contributed by atoms with E-state index in [1.165, 1.54) is 0 Å². The third-order valence-corrected chi connectivity index (χ3v) is 3.66. The minimum atomic E-state index is -0.706. The molecular weight excluding hydrogens is 323 g/mol. The molecule has 2 rings (SSSR count). The molecule has 1 atom stereocenters. The summed E-state index contributed by atoms with van der Waals surface area (Å²) in [7, 11) is 0. The molecule has 1 nitrogen and oxygen atoms in total. The molecular formula is C13H9BrCl2O. The van der Waals surface area contributed by atoms with E-state index in [-0.39, 0.29) is 0 Å². The van der Waals surface area contributed by atoms with Crippen molar-refractivity contribution in [2.24, 2.45) is 0 Å². The van der Waals surface area contributed by atoms with E-state index < -0.39 is 6.10 Å². The first-order chi connectivity index (χ1) is 8.08. The fraction of sp³-hybridized carbons (Fsp3) is 0.0769. The van der Waals surface area contributed by atoms with Gasteiger partial charge in [0.15, 0.2) is 0 Å². The van der Waals surface area contributed by atoms with Gasteiger partial charge in [0.2, 0.25) is 0 Å². The van der Waals surface area contributed by atoms with E-state index in [1.807, 2.05) is 24.3 Å². The summed E-state index contributed by atoms with van der Waals surface area (Å²) in [6.45, 7) is 0. The first-order valence-electron chi connectivity index (χ1n) is 4.96. The summed E-state index contributed by atoms with van der Waals surface area (Å²) >= 11 is 15.1. The molecule has 0 aliphatic heterocycles. The van der Waals surface area contributed by atoms with Gasteiger partial charge in [-0.3, -0.25) is 0 Å². The van der Waals surface area contributed by atoms with Gasteiger partial charge in [-0.15, -0.1) is 0 Å². The number of hydrogen-bond acceptors (Lipinski definition) is 1. The monoisotopic (exact) mass is 330 g/mol. The largest absolute Gasteiger partial charge is 0.384 e. The maximum absolute atomic E-state index is 10.2. The summed E-state index contributed by atoms with van der Waals surface area (Å²) in [6.07, 6.45) is -0.706. The van der Waals surface area contributed by atoms with E-state index in [2.05, 4.69) is 15.9 Å². The van der Waals surface area contributed by atoms with Crippen molar-refractivity contribution in [3.05, 3.63) is 68.1 Å². The second-order valence-corrected chi connectivity index (χ2v) is 5.36. The molecule has 0 amide bonds. The average Bonchev–Trinajstić information content (AvgIpc) is 2.32. The van der Waals surface area contributed by atoms with Crippen LogP contribution in [0, 0.1) is 0 Å². The van der Waals surface area contributed by atoms with Crippen molar-refractivity contribution in [2.45, 2.75) is 6.10 Å². The molecule has 1 N–H and O–H groups in total. The molecule has 0 aliphatic rings. The van der Waals surface area contributed by atoms with Crippen LogP contribution in [0.25, 0.3) is 0 Å². The minimum absolute atomic E-state index is 0.443. The number of aliphatic hydroxyl groups is 1. The minimum Gasteiger partial charge on any atom is -0.384 e. The fourth-order valence-electron chi connectivity index (χ4n) is 1.55. The Balaban J connectivity index is 2.36. The molecule has 0 fully saturated rings. The smallest absolute Gasteiger partial charge is 0.104 e. The number of hydrogen-bond donors (Lipinski definition) is 1. The second kappa shape index (κ2) is 5.40. The number of benzene rings is 2. The summed E-state index contributed by atoms with van der Waals surface area (Å²) in [6, 6.07) is 12.6. The Bertz CT molecular complexity index is 543. The highest BCUT2D eigenvalue weighted by Gasteiger charge is 2.12. The van der Waals surface area contributed by atoms with Gasteiger partial charge in [0, 0.05) is 4.47 Å². The average molecular weight is 332 g/mol. The quantitative estimate of drug-likeness (QED) is 0.835. The van der Waals surface area contributed by atoms with E-state index in [0.717, 1.165) is 15.6 Å². The molecule has 0 radical (unpaired) electrons. The highest BCUT2D eigenvalue weighted by Crippen LogP contribution is 2.29. The lowest BCUT2D eigenvalue weighted by Crippen LogP contribution is -1.99. The van der Waals surface area contributed by atoms with E-state index in [0.29, 0.717) is 10.0 Å². The number of aliphatic hydroxyl groups excluding tert-OH is 1. The molecule has 0 unspecified atom stereocenters. The highest BCUT2D eigenvalue weighted by molar-refractivity contribution is 9.10. The first-order valence-corrected chi connectivity index (χ1v) is 6.51. The van der Waals surface area contributed by atoms with Gasteiger partial charge in [0.25, 0.3) is 0 Å². The molecule has 0 bridgehead atoms. The van der Waals surface area contributed by atoms with E-state index in [9.17, 15) is 5.11 Å². The van der Waals surface area contributed by atoms with Gasteiger partial charge in [-0.1, -0.05) is 57.3 Å². The molecule has 0 spiro atoms. The molecule has 0 aromatic heterocycles. The Morgan fingerprint density at radius 3 is 2.29 bits per heavy atom. The van der Waals surface area contributed by atoms with Crippen LogP contribution in [0.15, 0.2) is 46.9 Å². The lowest BCUT2D eigenvalue weighted by Gasteiger charge is -2.12. The van der Waals surface area contributed by atoms with Crippen LogP contribution in [0.4, 0.5) is 0 Å². The molecule has 88 valence electrons. The van der Waals surface area contributed by atoms with Crippen LogP contribution >= 0.6 is 39.1 Å². The van der Waals surface area contributed by atoms with Crippen molar-refractivity contribution in [1.29, 1.82) is 0 Å². The predicted octanol–water partition coefficient (Wildman–Crippen LogP) is 4.84. The molecule has 0 saturated heterocycles. The molecule has 2 aromatic carbocycles. The SMILES string of the molecule is O[C@@H](c1cccc(Br)c1)c1ccc(Cl)c(Cl)c1. The maximum Gasteiger partial charge on any atom is 0.104 e.